The van der Waals surface area contributed by atoms with E-state index >= 15 is 0 Å². The van der Waals surface area contributed by atoms with Gasteiger partial charge in [-0.2, -0.15) is 0 Å². The van der Waals surface area contributed by atoms with E-state index in [0.29, 0.717) is 12.5 Å². The summed E-state index contributed by atoms with van der Waals surface area (Å²) in [5, 5.41) is 8.47. The van der Waals surface area contributed by atoms with Crippen molar-refractivity contribution in [3.05, 3.63) is 0 Å². The minimum Gasteiger partial charge on any atom is -0.481 e. The predicted octanol–water partition coefficient (Wildman–Crippen LogP) is 1.19. The summed E-state index contributed by atoms with van der Waals surface area (Å²) in [6, 6.07) is 0.442. The fourth-order valence-corrected chi connectivity index (χ4v) is 1.62. The van der Waals surface area contributed by atoms with Gasteiger partial charge in [0.1, 0.15) is 0 Å². The van der Waals surface area contributed by atoms with E-state index in [4.69, 9.17) is 5.11 Å². The number of aliphatic carboxylic acids is 1. The van der Waals surface area contributed by atoms with Gasteiger partial charge in [0.15, 0.2) is 0 Å². The summed E-state index contributed by atoms with van der Waals surface area (Å²) in [4.78, 5) is 12.6. The molecule has 1 aliphatic heterocycles. The van der Waals surface area contributed by atoms with Crippen molar-refractivity contribution >= 4 is 5.97 Å². The zero-order valence-corrected chi connectivity index (χ0v) is 7.79. The maximum atomic E-state index is 10.3. The van der Waals surface area contributed by atoms with Crippen LogP contribution >= 0.6 is 0 Å². The Labute approximate surface area is 73.4 Å². The maximum absolute atomic E-state index is 10.3. The molecule has 3 heteroatoms. The molecular formula is C9H17NO2. The molecule has 1 saturated heterocycles. The summed E-state index contributed by atoms with van der Waals surface area (Å²) in [6.45, 7) is 6.61. The summed E-state index contributed by atoms with van der Waals surface area (Å²) in [5.74, 6) is 0.118. The van der Waals surface area contributed by atoms with E-state index in [1.54, 1.807) is 0 Å². The molecule has 0 radical (unpaired) electrons. The third kappa shape index (κ3) is 2.48. The van der Waals surface area contributed by atoms with Crippen molar-refractivity contribution in [2.24, 2.45) is 5.92 Å². The number of hydrogen-bond acceptors (Lipinski definition) is 2. The van der Waals surface area contributed by atoms with E-state index in [-0.39, 0.29) is 0 Å². The van der Waals surface area contributed by atoms with Gasteiger partial charge in [-0.25, -0.2) is 0 Å². The summed E-state index contributed by atoms with van der Waals surface area (Å²) in [5.41, 5.74) is 0. The Bertz CT molecular complexity index is 164. The maximum Gasteiger partial charge on any atom is 0.303 e. The highest BCUT2D eigenvalue weighted by atomic mass is 16.4. The van der Waals surface area contributed by atoms with Crippen LogP contribution in [0.25, 0.3) is 0 Å². The van der Waals surface area contributed by atoms with Crippen molar-refractivity contribution in [1.29, 1.82) is 0 Å². The van der Waals surface area contributed by atoms with Crippen LogP contribution in [0, 0.1) is 5.92 Å². The second-order valence-corrected chi connectivity index (χ2v) is 3.84. The van der Waals surface area contributed by atoms with Crippen LogP contribution in [0.4, 0.5) is 0 Å². The average molecular weight is 171 g/mol. The van der Waals surface area contributed by atoms with Crippen molar-refractivity contribution in [3.8, 4) is 0 Å². The number of carboxylic acids is 1. The molecule has 1 atom stereocenters. The van der Waals surface area contributed by atoms with Gasteiger partial charge in [-0.3, -0.25) is 4.79 Å². The van der Waals surface area contributed by atoms with Crippen LogP contribution in [0.5, 0.6) is 0 Å². The molecule has 0 aromatic heterocycles. The minimum absolute atomic E-state index is 0.298. The first-order valence-corrected chi connectivity index (χ1v) is 4.55. The van der Waals surface area contributed by atoms with Crippen LogP contribution in [0.15, 0.2) is 0 Å². The van der Waals surface area contributed by atoms with E-state index in [0.717, 1.165) is 25.4 Å². The zero-order chi connectivity index (χ0) is 9.14. The van der Waals surface area contributed by atoms with E-state index < -0.39 is 5.97 Å². The van der Waals surface area contributed by atoms with E-state index in [1.807, 2.05) is 0 Å². The Hall–Kier alpha value is -0.570. The van der Waals surface area contributed by atoms with Gasteiger partial charge < -0.3 is 10.0 Å². The summed E-state index contributed by atoms with van der Waals surface area (Å²) < 4.78 is 0. The third-order valence-electron chi connectivity index (χ3n) is 2.49. The van der Waals surface area contributed by atoms with Crippen LogP contribution in [-0.2, 0) is 4.79 Å². The fraction of sp³-hybridized carbons (Fsp3) is 0.889. The van der Waals surface area contributed by atoms with Gasteiger partial charge in [0.25, 0.3) is 0 Å². The van der Waals surface area contributed by atoms with Crippen molar-refractivity contribution < 1.29 is 9.90 Å². The number of nitrogens with zero attached hydrogens (tertiary/aromatic N) is 1. The van der Waals surface area contributed by atoms with Crippen LogP contribution in [-0.4, -0.2) is 35.1 Å². The topological polar surface area (TPSA) is 40.5 Å². The molecule has 0 aromatic rings. The first-order valence-electron chi connectivity index (χ1n) is 4.55. The smallest absolute Gasteiger partial charge is 0.303 e. The highest BCUT2D eigenvalue weighted by Gasteiger charge is 2.26. The van der Waals surface area contributed by atoms with Crippen molar-refractivity contribution in [2.45, 2.75) is 32.7 Å². The molecule has 0 aromatic carbocycles. The van der Waals surface area contributed by atoms with Gasteiger partial charge in [0.2, 0.25) is 0 Å². The Kier molecular flexibility index (Phi) is 3.09. The molecule has 3 nitrogen and oxygen atoms in total. The van der Waals surface area contributed by atoms with Gasteiger partial charge in [-0.1, -0.05) is 6.92 Å². The lowest BCUT2D eigenvalue weighted by molar-refractivity contribution is -0.137. The Morgan fingerprint density at radius 3 is 2.67 bits per heavy atom. The molecule has 0 bridgehead atoms. The molecule has 1 fully saturated rings. The third-order valence-corrected chi connectivity index (χ3v) is 2.49. The van der Waals surface area contributed by atoms with Crippen LogP contribution < -0.4 is 0 Å². The summed E-state index contributed by atoms with van der Waals surface area (Å²) in [6.07, 6.45) is 1.08. The standard InChI is InChI=1S/C9H17NO2/c1-7-5-10(6-7)8(2)3-4-9(11)12/h7-8H,3-6H2,1-2H3,(H,11,12). The molecule has 0 amide bonds. The van der Waals surface area contributed by atoms with E-state index in [9.17, 15) is 4.79 Å². The largest absolute Gasteiger partial charge is 0.481 e. The van der Waals surface area contributed by atoms with Gasteiger partial charge in [-0.05, 0) is 19.3 Å². The SMILES string of the molecule is CC1CN(C(C)CCC(=O)O)C1. The van der Waals surface area contributed by atoms with Crippen LogP contribution in [0.2, 0.25) is 0 Å². The normalized spacial score (nSPS) is 21.8. The Morgan fingerprint density at radius 2 is 2.25 bits per heavy atom. The highest BCUT2D eigenvalue weighted by Crippen LogP contribution is 2.19. The molecule has 1 heterocycles. The molecular weight excluding hydrogens is 154 g/mol. The van der Waals surface area contributed by atoms with Crippen molar-refractivity contribution in [2.75, 3.05) is 13.1 Å². The fourth-order valence-electron chi connectivity index (χ4n) is 1.62. The molecule has 0 spiro atoms. The molecule has 70 valence electrons. The molecule has 0 saturated carbocycles. The molecule has 1 rings (SSSR count). The van der Waals surface area contributed by atoms with E-state index in [1.165, 1.54) is 0 Å². The lowest BCUT2D eigenvalue weighted by atomic mass is 9.98. The first kappa shape index (κ1) is 9.52. The summed E-state index contributed by atoms with van der Waals surface area (Å²) in [7, 11) is 0. The Balaban J connectivity index is 2.12. The summed E-state index contributed by atoms with van der Waals surface area (Å²) >= 11 is 0. The van der Waals surface area contributed by atoms with Crippen molar-refractivity contribution in [1.82, 2.24) is 4.90 Å². The Morgan fingerprint density at radius 1 is 1.67 bits per heavy atom. The van der Waals surface area contributed by atoms with Crippen molar-refractivity contribution in [3.63, 3.8) is 0 Å². The quantitative estimate of drug-likeness (QED) is 0.690. The number of hydrogen-bond donors (Lipinski definition) is 1. The molecule has 0 aliphatic carbocycles. The number of carboxylic acid groups (broad SMARTS) is 1. The monoisotopic (exact) mass is 171 g/mol. The number of likely N-dealkylation sites (tertiary alicyclic amines) is 1. The van der Waals surface area contributed by atoms with Gasteiger partial charge >= 0.3 is 5.97 Å². The molecule has 12 heavy (non-hydrogen) atoms. The van der Waals surface area contributed by atoms with Crippen LogP contribution in [0.1, 0.15) is 26.7 Å². The zero-order valence-electron chi connectivity index (χ0n) is 7.79. The van der Waals surface area contributed by atoms with Gasteiger partial charge in [0.05, 0.1) is 0 Å². The molecule has 1 unspecified atom stereocenters. The second-order valence-electron chi connectivity index (χ2n) is 3.84. The van der Waals surface area contributed by atoms with Crippen LogP contribution in [0.3, 0.4) is 0 Å². The van der Waals surface area contributed by atoms with E-state index in [2.05, 4.69) is 18.7 Å². The number of rotatable bonds is 4. The second kappa shape index (κ2) is 3.90. The van der Waals surface area contributed by atoms with Gasteiger partial charge in [0, 0.05) is 25.6 Å². The molecule has 1 aliphatic rings. The highest BCUT2D eigenvalue weighted by molar-refractivity contribution is 5.66. The predicted molar refractivity (Wildman–Crippen MR) is 47.1 cm³/mol. The minimum atomic E-state index is -0.685. The number of carbonyl (C=O) groups is 1. The average Bonchev–Trinajstić information content (AvgIpc) is 1.94. The first-order chi connectivity index (χ1) is 5.59. The molecule has 1 N–H and O–H groups in total. The lowest BCUT2D eigenvalue weighted by Gasteiger charge is -2.41. The van der Waals surface area contributed by atoms with Gasteiger partial charge in [-0.15, -0.1) is 0 Å². The lowest BCUT2D eigenvalue weighted by Crippen LogP contribution is -2.49.